The highest BCUT2D eigenvalue weighted by Crippen LogP contribution is 2.29. The molecular formula is C22H29F2IN4O2. The molecule has 9 heteroatoms. The highest BCUT2D eigenvalue weighted by atomic mass is 127. The average molecular weight is 546 g/mol. The molecule has 1 unspecified atom stereocenters. The third-order valence-corrected chi connectivity index (χ3v) is 5.02. The number of nitrogens with one attached hydrogen (secondary N) is 2. The molecule has 1 atom stereocenters. The lowest BCUT2D eigenvalue weighted by Crippen LogP contribution is -2.45. The van der Waals surface area contributed by atoms with E-state index in [4.69, 9.17) is 4.74 Å². The summed E-state index contributed by atoms with van der Waals surface area (Å²) in [6.45, 7) is -0.373. The number of alkyl halides is 2. The Morgan fingerprint density at radius 2 is 1.97 bits per heavy atom. The van der Waals surface area contributed by atoms with Crippen molar-refractivity contribution >= 4 is 35.6 Å². The minimum atomic E-state index is -2.89. The quantitative estimate of drug-likeness (QED) is 0.299. The van der Waals surface area contributed by atoms with E-state index in [1.807, 2.05) is 24.3 Å². The zero-order chi connectivity index (χ0) is 21.3. The number of halogens is 3. The largest absolute Gasteiger partial charge is 0.493 e. The van der Waals surface area contributed by atoms with E-state index in [1.54, 1.807) is 19.2 Å². The number of hydrogen-bond acceptors (Lipinski definition) is 4. The summed E-state index contributed by atoms with van der Waals surface area (Å²) < 4.78 is 34.8. The number of rotatable bonds is 8. The molecule has 0 amide bonds. The fraction of sp³-hybridized carbons (Fsp3) is 0.409. The molecule has 0 spiro atoms. The van der Waals surface area contributed by atoms with E-state index in [9.17, 15) is 8.78 Å². The lowest BCUT2D eigenvalue weighted by molar-refractivity contribution is -0.0512. The number of methoxy groups -OCH3 is 1. The molecule has 0 saturated carbocycles. The number of hydrogen-bond donors (Lipinski definition) is 2. The standard InChI is InChI=1S/C22H28F2N4O2.HI/c1-25-22(27-17-11-13-28(15-17)18-6-4-3-5-7-18)26-12-10-16-8-9-19(29-2)20(14-16)30-21(23)24;/h3-9,14,17,21H,10-13,15H2,1-2H3,(H2,25,26,27);1H. The van der Waals surface area contributed by atoms with Crippen LogP contribution in [0.15, 0.2) is 53.5 Å². The maximum absolute atomic E-state index is 12.6. The number of para-hydroxylation sites is 1. The zero-order valence-electron chi connectivity index (χ0n) is 17.7. The Labute approximate surface area is 199 Å². The molecule has 1 heterocycles. The molecule has 1 saturated heterocycles. The van der Waals surface area contributed by atoms with E-state index >= 15 is 0 Å². The number of guanidine groups is 1. The van der Waals surface area contributed by atoms with Crippen LogP contribution in [0.4, 0.5) is 14.5 Å². The minimum Gasteiger partial charge on any atom is -0.493 e. The van der Waals surface area contributed by atoms with Gasteiger partial charge in [-0.15, -0.1) is 24.0 Å². The number of nitrogens with zero attached hydrogens (tertiary/aromatic N) is 2. The highest BCUT2D eigenvalue weighted by Gasteiger charge is 2.23. The third kappa shape index (κ3) is 7.41. The van der Waals surface area contributed by atoms with Crippen LogP contribution in [0.25, 0.3) is 0 Å². The molecule has 2 aromatic carbocycles. The van der Waals surface area contributed by atoms with Gasteiger partial charge in [0, 0.05) is 38.4 Å². The zero-order valence-corrected chi connectivity index (χ0v) is 20.0. The Kier molecular flexibility index (Phi) is 10.1. The third-order valence-electron chi connectivity index (χ3n) is 5.02. The minimum absolute atomic E-state index is 0. The van der Waals surface area contributed by atoms with Gasteiger partial charge in [0.2, 0.25) is 0 Å². The molecular weight excluding hydrogens is 517 g/mol. The van der Waals surface area contributed by atoms with Gasteiger partial charge in [-0.25, -0.2) is 0 Å². The second-order valence-corrected chi connectivity index (χ2v) is 7.02. The van der Waals surface area contributed by atoms with Gasteiger partial charge in [0.25, 0.3) is 0 Å². The van der Waals surface area contributed by atoms with Gasteiger partial charge >= 0.3 is 6.61 Å². The molecule has 2 N–H and O–H groups in total. The molecule has 0 aliphatic carbocycles. The van der Waals surface area contributed by atoms with Gasteiger partial charge < -0.3 is 25.0 Å². The number of ether oxygens (including phenoxy) is 2. The lowest BCUT2D eigenvalue weighted by atomic mass is 10.1. The van der Waals surface area contributed by atoms with E-state index in [0.717, 1.165) is 31.0 Å². The van der Waals surface area contributed by atoms with Gasteiger partial charge in [-0.05, 0) is 42.7 Å². The Morgan fingerprint density at radius 1 is 1.19 bits per heavy atom. The summed E-state index contributed by atoms with van der Waals surface area (Å²) in [7, 11) is 3.16. The van der Waals surface area contributed by atoms with Crippen LogP contribution in [0.5, 0.6) is 11.5 Å². The van der Waals surface area contributed by atoms with Gasteiger partial charge in [0.1, 0.15) is 0 Å². The normalized spacial score (nSPS) is 16.1. The first-order valence-corrected chi connectivity index (χ1v) is 9.98. The van der Waals surface area contributed by atoms with Crippen molar-refractivity contribution in [1.82, 2.24) is 10.6 Å². The molecule has 6 nitrogen and oxygen atoms in total. The predicted molar refractivity (Wildman–Crippen MR) is 130 cm³/mol. The second kappa shape index (κ2) is 12.5. The number of anilines is 1. The van der Waals surface area contributed by atoms with E-state index < -0.39 is 6.61 Å². The molecule has 3 rings (SSSR count). The van der Waals surface area contributed by atoms with Gasteiger partial charge in [0.15, 0.2) is 17.5 Å². The van der Waals surface area contributed by atoms with Crippen molar-refractivity contribution in [3.63, 3.8) is 0 Å². The molecule has 1 fully saturated rings. The SMILES string of the molecule is CN=C(NCCc1ccc(OC)c(OC(F)F)c1)NC1CCN(c2ccccc2)C1.I. The van der Waals surface area contributed by atoms with Gasteiger partial charge in [-0.1, -0.05) is 24.3 Å². The fourth-order valence-electron chi connectivity index (χ4n) is 3.53. The number of benzene rings is 2. The van der Waals surface area contributed by atoms with Crippen molar-refractivity contribution < 1.29 is 18.3 Å². The van der Waals surface area contributed by atoms with E-state index in [1.165, 1.54) is 12.8 Å². The number of aliphatic imine (C=N–C) groups is 1. The Hall–Kier alpha value is -2.30. The maximum atomic E-state index is 12.6. The monoisotopic (exact) mass is 546 g/mol. The summed E-state index contributed by atoms with van der Waals surface area (Å²) in [6, 6.07) is 15.7. The lowest BCUT2D eigenvalue weighted by Gasteiger charge is -2.20. The molecule has 31 heavy (non-hydrogen) atoms. The van der Waals surface area contributed by atoms with Crippen LogP contribution in [0.1, 0.15) is 12.0 Å². The van der Waals surface area contributed by atoms with Crippen molar-refractivity contribution in [3.05, 3.63) is 54.1 Å². The van der Waals surface area contributed by atoms with Crippen LogP contribution in [0, 0.1) is 0 Å². The molecule has 0 aromatic heterocycles. The first-order valence-electron chi connectivity index (χ1n) is 9.98. The average Bonchev–Trinajstić information content (AvgIpc) is 3.22. The predicted octanol–water partition coefficient (Wildman–Crippen LogP) is 3.90. The smallest absolute Gasteiger partial charge is 0.387 e. The van der Waals surface area contributed by atoms with Crippen LogP contribution < -0.4 is 25.0 Å². The summed E-state index contributed by atoms with van der Waals surface area (Å²) in [6.07, 6.45) is 1.66. The first-order chi connectivity index (χ1) is 14.6. The van der Waals surface area contributed by atoms with E-state index in [2.05, 4.69) is 37.4 Å². The molecule has 1 aliphatic heterocycles. The van der Waals surface area contributed by atoms with Crippen molar-refractivity contribution in [2.24, 2.45) is 4.99 Å². The highest BCUT2D eigenvalue weighted by molar-refractivity contribution is 14.0. The molecule has 0 radical (unpaired) electrons. The Morgan fingerprint density at radius 3 is 2.65 bits per heavy atom. The molecule has 170 valence electrons. The van der Waals surface area contributed by atoms with Gasteiger partial charge in [-0.3, -0.25) is 4.99 Å². The summed E-state index contributed by atoms with van der Waals surface area (Å²) in [5.41, 5.74) is 2.09. The van der Waals surface area contributed by atoms with E-state index in [-0.39, 0.29) is 35.5 Å². The van der Waals surface area contributed by atoms with Crippen molar-refractivity contribution in [2.45, 2.75) is 25.5 Å². The van der Waals surface area contributed by atoms with E-state index in [0.29, 0.717) is 19.0 Å². The first kappa shape index (κ1) is 25.0. The van der Waals surface area contributed by atoms with Crippen LogP contribution in [0.3, 0.4) is 0 Å². The van der Waals surface area contributed by atoms with Crippen molar-refractivity contribution in [1.29, 1.82) is 0 Å². The second-order valence-electron chi connectivity index (χ2n) is 7.02. The summed E-state index contributed by atoms with van der Waals surface area (Å²) >= 11 is 0. The van der Waals surface area contributed by atoms with Crippen LogP contribution >= 0.6 is 24.0 Å². The molecule has 2 aromatic rings. The Balaban J connectivity index is 0.00000341. The van der Waals surface area contributed by atoms with Gasteiger partial charge in [0.05, 0.1) is 7.11 Å². The van der Waals surface area contributed by atoms with Crippen LogP contribution in [-0.4, -0.2) is 52.4 Å². The molecule has 0 bridgehead atoms. The topological polar surface area (TPSA) is 58.1 Å². The maximum Gasteiger partial charge on any atom is 0.387 e. The summed E-state index contributed by atoms with van der Waals surface area (Å²) in [4.78, 5) is 6.65. The van der Waals surface area contributed by atoms with Crippen molar-refractivity contribution in [2.75, 3.05) is 38.7 Å². The Bertz CT molecular complexity index is 840. The summed E-state index contributed by atoms with van der Waals surface area (Å²) in [5.74, 6) is 1.06. The van der Waals surface area contributed by atoms with Crippen molar-refractivity contribution in [3.8, 4) is 11.5 Å². The molecule has 1 aliphatic rings. The fourth-order valence-corrected chi connectivity index (χ4v) is 3.53. The van der Waals surface area contributed by atoms with Crippen LogP contribution in [-0.2, 0) is 6.42 Å². The van der Waals surface area contributed by atoms with Crippen LogP contribution in [0.2, 0.25) is 0 Å². The summed E-state index contributed by atoms with van der Waals surface area (Å²) in [5, 5.41) is 6.75. The van der Waals surface area contributed by atoms with Gasteiger partial charge in [-0.2, -0.15) is 8.78 Å².